The maximum Gasteiger partial charge on any atom is 0.291 e. The molecule has 3 aromatic rings. The van der Waals surface area contributed by atoms with Crippen LogP contribution < -0.4 is 20.1 Å². The minimum absolute atomic E-state index is 0.0464. The van der Waals surface area contributed by atoms with Crippen LogP contribution >= 0.6 is 0 Å². The molecule has 0 spiro atoms. The van der Waals surface area contributed by atoms with Gasteiger partial charge in [0.1, 0.15) is 13.2 Å². The van der Waals surface area contributed by atoms with E-state index < -0.39 is 0 Å². The monoisotopic (exact) mass is 406 g/mol. The van der Waals surface area contributed by atoms with E-state index in [9.17, 15) is 9.59 Å². The van der Waals surface area contributed by atoms with Gasteiger partial charge < -0.3 is 24.5 Å². The van der Waals surface area contributed by atoms with Gasteiger partial charge in [0.2, 0.25) is 5.91 Å². The van der Waals surface area contributed by atoms with Gasteiger partial charge in [-0.25, -0.2) is 0 Å². The molecule has 1 aliphatic rings. The van der Waals surface area contributed by atoms with Gasteiger partial charge in [-0.15, -0.1) is 0 Å². The maximum absolute atomic E-state index is 12.2. The molecule has 0 saturated carbocycles. The number of carbonyl (C=O) groups is 2. The molecule has 0 unspecified atom stereocenters. The van der Waals surface area contributed by atoms with Crippen LogP contribution in [0.4, 0.5) is 5.69 Å². The number of amides is 2. The first-order chi connectivity index (χ1) is 14.7. The quantitative estimate of drug-likeness (QED) is 0.626. The van der Waals surface area contributed by atoms with E-state index in [0.717, 1.165) is 22.6 Å². The zero-order valence-electron chi connectivity index (χ0n) is 16.4. The van der Waals surface area contributed by atoms with Gasteiger partial charge in [-0.1, -0.05) is 18.2 Å². The number of benzene rings is 2. The molecule has 4 rings (SSSR count). The highest BCUT2D eigenvalue weighted by Crippen LogP contribution is 2.31. The topological polar surface area (TPSA) is 89.8 Å². The number of carbonyl (C=O) groups excluding carboxylic acids is 2. The lowest BCUT2D eigenvalue weighted by molar-refractivity contribution is -0.121. The molecule has 0 saturated heterocycles. The lowest BCUT2D eigenvalue weighted by Gasteiger charge is -2.18. The molecule has 1 aliphatic heterocycles. The van der Waals surface area contributed by atoms with Crippen molar-refractivity contribution in [1.82, 2.24) is 5.32 Å². The number of fused-ring (bicyclic) bond motifs is 1. The number of ether oxygens (including phenoxy) is 2. The first-order valence-corrected chi connectivity index (χ1v) is 9.76. The molecule has 30 heavy (non-hydrogen) atoms. The predicted molar refractivity (Wildman–Crippen MR) is 111 cm³/mol. The molecule has 2 N–H and O–H groups in total. The van der Waals surface area contributed by atoms with Gasteiger partial charge in [0.25, 0.3) is 5.91 Å². The van der Waals surface area contributed by atoms with Gasteiger partial charge >= 0.3 is 0 Å². The first-order valence-electron chi connectivity index (χ1n) is 9.76. The molecule has 0 fully saturated rings. The van der Waals surface area contributed by atoms with E-state index in [0.29, 0.717) is 38.3 Å². The summed E-state index contributed by atoms with van der Waals surface area (Å²) in [6.45, 7) is 1.48. The van der Waals surface area contributed by atoms with E-state index in [-0.39, 0.29) is 17.6 Å². The maximum atomic E-state index is 12.2. The van der Waals surface area contributed by atoms with E-state index in [1.165, 1.54) is 6.26 Å². The highest BCUT2D eigenvalue weighted by molar-refractivity contribution is 6.02. The summed E-state index contributed by atoms with van der Waals surface area (Å²) in [4.78, 5) is 24.3. The van der Waals surface area contributed by atoms with Crippen LogP contribution in [0.3, 0.4) is 0 Å². The Labute approximate surface area is 174 Å². The van der Waals surface area contributed by atoms with Crippen LogP contribution in [0.15, 0.2) is 65.3 Å². The largest absolute Gasteiger partial charge is 0.486 e. The minimum Gasteiger partial charge on any atom is -0.486 e. The van der Waals surface area contributed by atoms with E-state index >= 15 is 0 Å². The Balaban J connectivity index is 1.26. The fourth-order valence-electron chi connectivity index (χ4n) is 3.15. The fraction of sp³-hybridized carbons (Fsp3) is 0.217. The molecule has 2 amide bonds. The molecule has 0 bridgehead atoms. The van der Waals surface area contributed by atoms with Crippen LogP contribution in [0.25, 0.3) is 0 Å². The molecule has 2 aromatic carbocycles. The Bertz CT molecular complexity index is 1030. The molecular formula is C23H22N2O5. The van der Waals surface area contributed by atoms with Gasteiger partial charge in [0.15, 0.2) is 17.3 Å². The van der Waals surface area contributed by atoms with E-state index in [2.05, 4.69) is 10.6 Å². The smallest absolute Gasteiger partial charge is 0.291 e. The fourth-order valence-corrected chi connectivity index (χ4v) is 3.15. The molecule has 7 heteroatoms. The number of hydrogen-bond donors (Lipinski definition) is 2. The second-order valence-corrected chi connectivity index (χ2v) is 6.89. The van der Waals surface area contributed by atoms with Crippen LogP contribution in [0, 0.1) is 0 Å². The standard InChI is InChI=1S/C23H22N2O5/c26-22(9-7-16-6-8-19-21(14-16)30-12-11-29-19)24-15-17-3-1-4-18(13-17)25-23(27)20-5-2-10-28-20/h1-6,8,10,13-14H,7,9,11-12,15H2,(H,24,26)(H,25,27). The lowest BCUT2D eigenvalue weighted by atomic mass is 10.1. The van der Waals surface area contributed by atoms with E-state index in [4.69, 9.17) is 13.9 Å². The van der Waals surface area contributed by atoms with Crippen molar-refractivity contribution >= 4 is 17.5 Å². The summed E-state index contributed by atoms with van der Waals surface area (Å²) in [5.74, 6) is 1.35. The third-order valence-electron chi connectivity index (χ3n) is 4.67. The Hall–Kier alpha value is -3.74. The van der Waals surface area contributed by atoms with Crippen molar-refractivity contribution < 1.29 is 23.5 Å². The number of hydrogen-bond acceptors (Lipinski definition) is 5. The predicted octanol–water partition coefficient (Wildman–Crippen LogP) is 3.55. The van der Waals surface area contributed by atoms with Crippen LogP contribution in [0.5, 0.6) is 11.5 Å². The minimum atomic E-state index is -0.319. The Morgan fingerprint density at radius 1 is 0.900 bits per heavy atom. The van der Waals surface area contributed by atoms with Crippen molar-refractivity contribution in [3.8, 4) is 11.5 Å². The first kappa shape index (κ1) is 19.6. The summed E-state index contributed by atoms with van der Waals surface area (Å²) < 4.78 is 16.2. The van der Waals surface area contributed by atoms with Crippen molar-refractivity contribution in [2.45, 2.75) is 19.4 Å². The number of furan rings is 1. The molecule has 2 heterocycles. The lowest BCUT2D eigenvalue weighted by Crippen LogP contribution is -2.23. The molecule has 154 valence electrons. The molecule has 1 aromatic heterocycles. The third kappa shape index (κ3) is 5.00. The Morgan fingerprint density at radius 2 is 1.77 bits per heavy atom. The highest BCUT2D eigenvalue weighted by atomic mass is 16.6. The molecule has 0 radical (unpaired) electrons. The summed E-state index contributed by atoms with van der Waals surface area (Å²) in [5.41, 5.74) is 2.55. The third-order valence-corrected chi connectivity index (χ3v) is 4.67. The summed E-state index contributed by atoms with van der Waals surface area (Å²) in [7, 11) is 0. The molecule has 0 atom stereocenters. The van der Waals surface area contributed by atoms with Gasteiger partial charge in [-0.2, -0.15) is 0 Å². The Morgan fingerprint density at radius 3 is 2.60 bits per heavy atom. The molecule has 0 aliphatic carbocycles. The van der Waals surface area contributed by atoms with E-state index in [1.807, 2.05) is 36.4 Å². The summed E-state index contributed by atoms with van der Waals surface area (Å²) in [6, 6.07) is 16.3. The van der Waals surface area contributed by atoms with Crippen molar-refractivity contribution in [1.29, 1.82) is 0 Å². The zero-order chi connectivity index (χ0) is 20.8. The average molecular weight is 406 g/mol. The summed E-state index contributed by atoms with van der Waals surface area (Å²) in [5, 5.41) is 5.69. The SMILES string of the molecule is O=C(CCc1ccc2c(c1)OCCO2)NCc1cccc(NC(=O)c2ccco2)c1. The molecular weight excluding hydrogens is 384 g/mol. The van der Waals surface area contributed by atoms with Crippen molar-refractivity contribution in [3.63, 3.8) is 0 Å². The zero-order valence-corrected chi connectivity index (χ0v) is 16.4. The normalized spacial score (nSPS) is 12.3. The van der Waals surface area contributed by atoms with Crippen LogP contribution in [0.2, 0.25) is 0 Å². The van der Waals surface area contributed by atoms with Crippen molar-refractivity contribution in [2.75, 3.05) is 18.5 Å². The van der Waals surface area contributed by atoms with Crippen LogP contribution in [-0.2, 0) is 17.8 Å². The Kier molecular flexibility index (Phi) is 5.98. The van der Waals surface area contributed by atoms with Crippen LogP contribution in [-0.4, -0.2) is 25.0 Å². The van der Waals surface area contributed by atoms with Gasteiger partial charge in [0, 0.05) is 18.7 Å². The second kappa shape index (κ2) is 9.17. The van der Waals surface area contributed by atoms with E-state index in [1.54, 1.807) is 18.2 Å². The number of nitrogens with one attached hydrogen (secondary N) is 2. The highest BCUT2D eigenvalue weighted by Gasteiger charge is 2.12. The average Bonchev–Trinajstić information content (AvgIpc) is 3.32. The number of anilines is 1. The number of aryl methyl sites for hydroxylation is 1. The van der Waals surface area contributed by atoms with Gasteiger partial charge in [-0.05, 0) is 53.9 Å². The second-order valence-electron chi connectivity index (χ2n) is 6.89. The number of rotatable bonds is 7. The van der Waals surface area contributed by atoms with Gasteiger partial charge in [0.05, 0.1) is 6.26 Å². The summed E-state index contributed by atoms with van der Waals surface area (Å²) >= 11 is 0. The van der Waals surface area contributed by atoms with Crippen molar-refractivity contribution in [2.24, 2.45) is 0 Å². The van der Waals surface area contributed by atoms with Crippen LogP contribution in [0.1, 0.15) is 28.1 Å². The van der Waals surface area contributed by atoms with Gasteiger partial charge in [-0.3, -0.25) is 9.59 Å². The summed E-state index contributed by atoms with van der Waals surface area (Å²) in [6.07, 6.45) is 2.43. The molecule has 7 nitrogen and oxygen atoms in total. The van der Waals surface area contributed by atoms with Crippen molar-refractivity contribution in [3.05, 3.63) is 77.7 Å².